The first-order valence-corrected chi connectivity index (χ1v) is 10.4. The molecule has 8 nitrogen and oxygen atoms in total. The third-order valence-corrected chi connectivity index (χ3v) is 6.06. The van der Waals surface area contributed by atoms with Crippen LogP contribution in [0, 0.1) is 10.1 Å². The van der Waals surface area contributed by atoms with Crippen LogP contribution in [-0.4, -0.2) is 22.4 Å². The fraction of sp³-hybridized carbons (Fsp3) is 0.174. The van der Waals surface area contributed by atoms with E-state index in [-0.39, 0.29) is 18.5 Å². The van der Waals surface area contributed by atoms with Gasteiger partial charge in [0.05, 0.1) is 16.7 Å². The summed E-state index contributed by atoms with van der Waals surface area (Å²) >= 11 is 6.28. The van der Waals surface area contributed by atoms with Crippen molar-refractivity contribution < 1.29 is 19.1 Å². The van der Waals surface area contributed by atoms with Gasteiger partial charge in [0, 0.05) is 40.3 Å². The summed E-state index contributed by atoms with van der Waals surface area (Å²) in [5.74, 6) is 2.08. The van der Waals surface area contributed by atoms with E-state index in [2.05, 4.69) is 0 Å². The Bertz CT molecular complexity index is 1290. The fourth-order valence-electron chi connectivity index (χ4n) is 4.32. The number of non-ortho nitro benzene ring substituents is 1. The van der Waals surface area contributed by atoms with Gasteiger partial charge in [-0.05, 0) is 36.4 Å². The molecule has 0 unspecified atom stereocenters. The number of hydrazone groups is 1. The number of rotatable bonds is 3. The van der Waals surface area contributed by atoms with Crippen molar-refractivity contribution in [2.75, 3.05) is 6.79 Å². The molecule has 0 amide bonds. The lowest BCUT2D eigenvalue weighted by molar-refractivity contribution is -0.385. The summed E-state index contributed by atoms with van der Waals surface area (Å²) in [6.45, 7) is 0.203. The van der Waals surface area contributed by atoms with Gasteiger partial charge in [-0.15, -0.1) is 0 Å². The first kappa shape index (κ1) is 18.9. The summed E-state index contributed by atoms with van der Waals surface area (Å²) in [5.41, 5.74) is 3.37. The van der Waals surface area contributed by atoms with Crippen LogP contribution in [0.5, 0.6) is 17.2 Å². The van der Waals surface area contributed by atoms with Crippen LogP contribution in [0.4, 0.5) is 5.69 Å². The summed E-state index contributed by atoms with van der Waals surface area (Å²) < 4.78 is 17.2. The second-order valence-corrected chi connectivity index (χ2v) is 8.16. The van der Waals surface area contributed by atoms with Gasteiger partial charge in [0.2, 0.25) is 13.0 Å². The number of nitrogens with zero attached hydrogens (tertiary/aromatic N) is 3. The van der Waals surface area contributed by atoms with Crippen LogP contribution in [0.15, 0.2) is 65.8 Å². The number of benzene rings is 3. The maximum atomic E-state index is 11.3. The highest BCUT2D eigenvalue weighted by Crippen LogP contribution is 2.48. The highest BCUT2D eigenvalue weighted by atomic mass is 35.5. The molecule has 3 aliphatic heterocycles. The number of nitro benzene ring substituents is 1. The summed E-state index contributed by atoms with van der Waals surface area (Å²) in [6.07, 6.45) is 0.0157. The number of hydrogen-bond acceptors (Lipinski definition) is 7. The SMILES string of the molecule is O=[N+]([O-])c1cccc([C@H]2Oc3ccc(Cl)cc3[C@@H]3CC(c4ccc5c(c4)OCO5)=NN23)c1. The van der Waals surface area contributed by atoms with Crippen molar-refractivity contribution in [1.29, 1.82) is 0 Å². The van der Waals surface area contributed by atoms with E-state index in [1.807, 2.05) is 41.4 Å². The van der Waals surface area contributed by atoms with Crippen LogP contribution in [-0.2, 0) is 0 Å². The Kier molecular flexibility index (Phi) is 4.22. The fourth-order valence-corrected chi connectivity index (χ4v) is 4.50. The average Bonchev–Trinajstić information content (AvgIpc) is 3.45. The van der Waals surface area contributed by atoms with Crippen LogP contribution in [0.2, 0.25) is 5.02 Å². The summed E-state index contributed by atoms with van der Waals surface area (Å²) in [5, 5.41) is 18.7. The standard InChI is InChI=1S/C23H16ClN3O5/c24-15-5-7-20-17(10-15)19-11-18(13-4-6-21-22(9-13)31-12-30-21)25-26(19)23(32-20)14-2-1-3-16(8-14)27(28)29/h1-10,19,23H,11-12H2/t19-,23+/m0/s1. The van der Waals surface area contributed by atoms with Gasteiger partial charge < -0.3 is 14.2 Å². The van der Waals surface area contributed by atoms with Crippen LogP contribution in [0.25, 0.3) is 0 Å². The molecule has 0 fully saturated rings. The topological polar surface area (TPSA) is 86.4 Å². The molecule has 3 aromatic carbocycles. The second kappa shape index (κ2) is 7.13. The van der Waals surface area contributed by atoms with E-state index < -0.39 is 11.2 Å². The van der Waals surface area contributed by atoms with Gasteiger partial charge in [0.15, 0.2) is 11.5 Å². The quantitative estimate of drug-likeness (QED) is 0.402. The zero-order chi connectivity index (χ0) is 21.8. The summed E-state index contributed by atoms with van der Waals surface area (Å²) in [6, 6.07) is 17.6. The molecule has 32 heavy (non-hydrogen) atoms. The van der Waals surface area contributed by atoms with Gasteiger partial charge >= 0.3 is 0 Å². The predicted octanol–water partition coefficient (Wildman–Crippen LogP) is 5.22. The van der Waals surface area contributed by atoms with E-state index in [0.717, 1.165) is 16.8 Å². The maximum absolute atomic E-state index is 11.3. The van der Waals surface area contributed by atoms with E-state index in [1.54, 1.807) is 12.1 Å². The zero-order valence-corrected chi connectivity index (χ0v) is 17.4. The van der Waals surface area contributed by atoms with Crippen molar-refractivity contribution >= 4 is 23.0 Å². The monoisotopic (exact) mass is 449 g/mol. The number of hydrogen-bond donors (Lipinski definition) is 0. The molecule has 0 aliphatic carbocycles. The lowest BCUT2D eigenvalue weighted by atomic mass is 9.95. The van der Waals surface area contributed by atoms with Crippen molar-refractivity contribution in [3.05, 3.63) is 92.5 Å². The molecule has 6 rings (SSSR count). The van der Waals surface area contributed by atoms with E-state index in [4.69, 9.17) is 30.9 Å². The Labute approximate surface area is 187 Å². The zero-order valence-electron chi connectivity index (χ0n) is 16.6. The van der Waals surface area contributed by atoms with Crippen molar-refractivity contribution in [2.45, 2.75) is 18.7 Å². The van der Waals surface area contributed by atoms with Crippen LogP contribution in [0.1, 0.15) is 35.4 Å². The molecule has 2 atom stereocenters. The minimum atomic E-state index is -0.611. The third-order valence-electron chi connectivity index (χ3n) is 5.82. The van der Waals surface area contributed by atoms with E-state index in [1.165, 1.54) is 12.1 Å². The molecule has 3 aromatic rings. The lowest BCUT2D eigenvalue weighted by Crippen LogP contribution is -2.33. The van der Waals surface area contributed by atoms with Gasteiger partial charge in [-0.25, -0.2) is 5.01 Å². The van der Waals surface area contributed by atoms with Crippen molar-refractivity contribution in [1.82, 2.24) is 5.01 Å². The van der Waals surface area contributed by atoms with Gasteiger partial charge in [0.25, 0.3) is 5.69 Å². The lowest BCUT2D eigenvalue weighted by Gasteiger charge is -2.38. The van der Waals surface area contributed by atoms with Gasteiger partial charge in [-0.2, -0.15) is 5.10 Å². The predicted molar refractivity (Wildman–Crippen MR) is 116 cm³/mol. The number of nitro groups is 1. The molecule has 0 bridgehead atoms. The van der Waals surface area contributed by atoms with Crippen molar-refractivity contribution in [3.63, 3.8) is 0 Å². The van der Waals surface area contributed by atoms with Gasteiger partial charge in [0.1, 0.15) is 5.75 Å². The largest absolute Gasteiger partial charge is 0.464 e. The molecule has 0 aromatic heterocycles. The van der Waals surface area contributed by atoms with Crippen molar-refractivity contribution in [2.24, 2.45) is 5.10 Å². The first-order valence-electron chi connectivity index (χ1n) is 10.0. The Balaban J connectivity index is 1.44. The highest BCUT2D eigenvalue weighted by Gasteiger charge is 2.41. The molecule has 0 saturated carbocycles. The molecule has 0 N–H and O–H groups in total. The Morgan fingerprint density at radius 3 is 2.75 bits per heavy atom. The average molecular weight is 450 g/mol. The van der Waals surface area contributed by atoms with Crippen LogP contribution in [0.3, 0.4) is 0 Å². The van der Waals surface area contributed by atoms with Crippen LogP contribution < -0.4 is 14.2 Å². The third kappa shape index (κ3) is 3.03. The molecular formula is C23H16ClN3O5. The normalized spacial score (nSPS) is 20.3. The van der Waals surface area contributed by atoms with Crippen LogP contribution >= 0.6 is 11.6 Å². The minimum Gasteiger partial charge on any atom is -0.464 e. The van der Waals surface area contributed by atoms with E-state index >= 15 is 0 Å². The molecule has 9 heteroatoms. The van der Waals surface area contributed by atoms with E-state index in [9.17, 15) is 10.1 Å². The summed E-state index contributed by atoms with van der Waals surface area (Å²) in [4.78, 5) is 10.9. The smallest absolute Gasteiger partial charge is 0.269 e. The Hall–Kier alpha value is -3.78. The van der Waals surface area contributed by atoms with E-state index in [0.29, 0.717) is 34.3 Å². The second-order valence-electron chi connectivity index (χ2n) is 7.72. The van der Waals surface area contributed by atoms with Gasteiger partial charge in [-0.1, -0.05) is 23.7 Å². The number of fused-ring (bicyclic) bond motifs is 4. The van der Waals surface area contributed by atoms with Gasteiger partial charge in [-0.3, -0.25) is 10.1 Å². The van der Waals surface area contributed by atoms with Crippen molar-refractivity contribution in [3.8, 4) is 17.2 Å². The molecular weight excluding hydrogens is 434 g/mol. The highest BCUT2D eigenvalue weighted by molar-refractivity contribution is 6.30. The Morgan fingerprint density at radius 2 is 1.88 bits per heavy atom. The molecule has 3 heterocycles. The Morgan fingerprint density at radius 1 is 1.03 bits per heavy atom. The maximum Gasteiger partial charge on any atom is 0.269 e. The number of halogens is 1. The molecule has 0 spiro atoms. The number of ether oxygens (including phenoxy) is 3. The first-order chi connectivity index (χ1) is 15.6. The molecule has 160 valence electrons. The summed E-state index contributed by atoms with van der Waals surface area (Å²) in [7, 11) is 0. The molecule has 3 aliphatic rings. The molecule has 0 radical (unpaired) electrons. The minimum absolute atomic E-state index is 0.00345. The molecule has 0 saturated heterocycles.